The van der Waals surface area contributed by atoms with Crippen LogP contribution in [-0.2, 0) is 0 Å². The molecule has 3 rings (SSSR count). The Kier molecular flexibility index (Phi) is 3.46. The Bertz CT molecular complexity index is 525. The monoisotopic (exact) mass is 299 g/mol. The van der Waals surface area contributed by atoms with Crippen LogP contribution in [0.25, 0.3) is 0 Å². The highest BCUT2D eigenvalue weighted by molar-refractivity contribution is 6.30. The van der Waals surface area contributed by atoms with Gasteiger partial charge in [-0.05, 0) is 42.9 Å². The summed E-state index contributed by atoms with van der Waals surface area (Å²) in [5.41, 5.74) is 0. The second-order valence-corrected chi connectivity index (χ2v) is 5.93. The predicted molar refractivity (Wildman–Crippen MR) is 71.6 cm³/mol. The highest BCUT2D eigenvalue weighted by Gasteiger charge is 2.43. The number of ether oxygens (including phenoxy) is 1. The maximum Gasteiger partial charge on any atom is 0.407 e. The highest BCUT2D eigenvalue weighted by Crippen LogP contribution is 2.40. The van der Waals surface area contributed by atoms with Gasteiger partial charge in [-0.15, -0.1) is 0 Å². The summed E-state index contributed by atoms with van der Waals surface area (Å²) >= 11 is 5.70. The van der Waals surface area contributed by atoms with Crippen molar-refractivity contribution in [3.63, 3.8) is 0 Å². The molecular formula is C14H15ClFNO3. The van der Waals surface area contributed by atoms with E-state index in [4.69, 9.17) is 21.4 Å². The van der Waals surface area contributed by atoms with E-state index in [0.717, 1.165) is 12.8 Å². The molecule has 1 saturated carbocycles. The van der Waals surface area contributed by atoms with E-state index in [0.29, 0.717) is 29.9 Å². The van der Waals surface area contributed by atoms with Gasteiger partial charge in [0.15, 0.2) is 11.6 Å². The lowest BCUT2D eigenvalue weighted by atomic mass is 10.0. The third-order valence-electron chi connectivity index (χ3n) is 4.17. The van der Waals surface area contributed by atoms with Crippen molar-refractivity contribution in [2.75, 3.05) is 13.1 Å². The molecule has 4 nitrogen and oxygen atoms in total. The fraction of sp³-hybridized carbons (Fsp3) is 0.500. The summed E-state index contributed by atoms with van der Waals surface area (Å²) in [6, 6.07) is 4.37. The number of hydrogen-bond acceptors (Lipinski definition) is 2. The number of likely N-dealkylation sites (tertiary alicyclic amines) is 1. The minimum absolute atomic E-state index is 0.0448. The molecule has 1 aromatic rings. The molecule has 2 fully saturated rings. The lowest BCUT2D eigenvalue weighted by molar-refractivity contribution is 0.143. The molecule has 1 aromatic carbocycles. The van der Waals surface area contributed by atoms with Crippen LogP contribution in [0.4, 0.5) is 9.18 Å². The number of rotatable bonds is 2. The van der Waals surface area contributed by atoms with Crippen molar-refractivity contribution in [1.29, 1.82) is 0 Å². The van der Waals surface area contributed by atoms with Crippen LogP contribution in [0, 0.1) is 17.7 Å². The van der Waals surface area contributed by atoms with E-state index >= 15 is 0 Å². The maximum absolute atomic E-state index is 13.7. The average Bonchev–Trinajstić information content (AvgIpc) is 2.90. The number of nitrogens with zero attached hydrogens (tertiary/aromatic N) is 1. The number of halogens is 2. The molecule has 0 radical (unpaired) electrons. The minimum Gasteiger partial charge on any atom is -0.487 e. The van der Waals surface area contributed by atoms with Crippen LogP contribution >= 0.6 is 11.6 Å². The van der Waals surface area contributed by atoms with E-state index in [1.807, 2.05) is 0 Å². The first kappa shape index (κ1) is 13.5. The molecule has 108 valence electrons. The molecule has 1 aliphatic carbocycles. The van der Waals surface area contributed by atoms with Crippen molar-refractivity contribution in [1.82, 2.24) is 4.90 Å². The van der Waals surface area contributed by atoms with Crippen molar-refractivity contribution in [3.8, 4) is 5.75 Å². The zero-order chi connectivity index (χ0) is 14.3. The average molecular weight is 300 g/mol. The largest absolute Gasteiger partial charge is 0.487 e. The first-order chi connectivity index (χ1) is 9.52. The molecule has 3 atom stereocenters. The van der Waals surface area contributed by atoms with Gasteiger partial charge < -0.3 is 14.7 Å². The van der Waals surface area contributed by atoms with Gasteiger partial charge in [0, 0.05) is 18.1 Å². The summed E-state index contributed by atoms with van der Waals surface area (Å²) in [6.07, 6.45) is 0.643. The molecule has 0 spiro atoms. The van der Waals surface area contributed by atoms with E-state index < -0.39 is 11.9 Å². The zero-order valence-corrected chi connectivity index (χ0v) is 11.5. The molecule has 1 N–H and O–H groups in total. The highest BCUT2D eigenvalue weighted by atomic mass is 35.5. The minimum atomic E-state index is -0.861. The molecule has 1 aliphatic heterocycles. The number of benzene rings is 1. The molecule has 1 unspecified atom stereocenters. The third kappa shape index (κ3) is 2.54. The predicted octanol–water partition coefficient (Wildman–Crippen LogP) is 3.25. The van der Waals surface area contributed by atoms with Crippen molar-refractivity contribution >= 4 is 17.7 Å². The number of hydrogen-bond donors (Lipinski definition) is 1. The second kappa shape index (κ2) is 5.13. The molecular weight excluding hydrogens is 285 g/mol. The standard InChI is InChI=1S/C14H15ClFNO3/c15-10-1-2-13(12(16)5-10)20-11-3-8-6-17(14(18)19)7-9(8)4-11/h1-2,5,8-9,11H,3-4,6-7H2,(H,18,19)/t8-,9+,11?. The van der Waals surface area contributed by atoms with E-state index in [-0.39, 0.29) is 11.9 Å². The SMILES string of the molecule is O=C(O)N1C[C@H]2CC(Oc3ccc(Cl)cc3F)C[C@H]2C1. The van der Waals surface area contributed by atoms with E-state index in [1.165, 1.54) is 17.0 Å². The van der Waals surface area contributed by atoms with Crippen molar-refractivity contribution in [2.45, 2.75) is 18.9 Å². The number of fused-ring (bicyclic) bond motifs is 1. The molecule has 20 heavy (non-hydrogen) atoms. The van der Waals surface area contributed by atoms with Crippen LogP contribution in [0.15, 0.2) is 18.2 Å². The lowest BCUT2D eigenvalue weighted by Crippen LogP contribution is -2.29. The fourth-order valence-corrected chi connectivity index (χ4v) is 3.41. The number of carbonyl (C=O) groups is 1. The topological polar surface area (TPSA) is 49.8 Å². The van der Waals surface area contributed by atoms with Crippen molar-refractivity contribution in [3.05, 3.63) is 29.0 Å². The van der Waals surface area contributed by atoms with Crippen molar-refractivity contribution in [2.24, 2.45) is 11.8 Å². The van der Waals surface area contributed by atoms with E-state index in [1.54, 1.807) is 6.07 Å². The summed E-state index contributed by atoms with van der Waals surface area (Å²) < 4.78 is 19.4. The smallest absolute Gasteiger partial charge is 0.407 e. The summed E-state index contributed by atoms with van der Waals surface area (Å²) in [4.78, 5) is 12.4. The van der Waals surface area contributed by atoms with Crippen LogP contribution in [0.2, 0.25) is 5.02 Å². The van der Waals surface area contributed by atoms with Gasteiger partial charge in [-0.1, -0.05) is 11.6 Å². The van der Waals surface area contributed by atoms with Gasteiger partial charge in [-0.3, -0.25) is 0 Å². The molecule has 2 aliphatic rings. The van der Waals surface area contributed by atoms with Gasteiger partial charge in [0.1, 0.15) is 0 Å². The third-order valence-corrected chi connectivity index (χ3v) is 4.40. The van der Waals surface area contributed by atoms with E-state index in [2.05, 4.69) is 0 Å². The Labute approximate surface area is 121 Å². The lowest BCUT2D eigenvalue weighted by Gasteiger charge is -2.18. The Morgan fingerprint density at radius 2 is 2.00 bits per heavy atom. The molecule has 1 heterocycles. The van der Waals surface area contributed by atoms with Crippen LogP contribution in [0.1, 0.15) is 12.8 Å². The quantitative estimate of drug-likeness (QED) is 0.912. The van der Waals surface area contributed by atoms with E-state index in [9.17, 15) is 9.18 Å². The van der Waals surface area contributed by atoms with Gasteiger partial charge >= 0.3 is 6.09 Å². The normalized spacial score (nSPS) is 28.5. The summed E-state index contributed by atoms with van der Waals surface area (Å²) in [5.74, 6) is 0.411. The first-order valence-electron chi connectivity index (χ1n) is 6.62. The van der Waals surface area contributed by atoms with Gasteiger partial charge in [0.2, 0.25) is 0 Å². The zero-order valence-electron chi connectivity index (χ0n) is 10.8. The molecule has 1 saturated heterocycles. The summed E-state index contributed by atoms with van der Waals surface area (Å²) in [7, 11) is 0. The van der Waals surface area contributed by atoms with Gasteiger partial charge in [-0.2, -0.15) is 0 Å². The number of amides is 1. The Morgan fingerprint density at radius 1 is 1.35 bits per heavy atom. The van der Waals surface area contributed by atoms with Crippen LogP contribution in [-0.4, -0.2) is 35.3 Å². The Hall–Kier alpha value is -1.49. The first-order valence-corrected chi connectivity index (χ1v) is 7.00. The molecule has 0 aromatic heterocycles. The van der Waals surface area contributed by atoms with Crippen LogP contribution in [0.5, 0.6) is 5.75 Å². The van der Waals surface area contributed by atoms with Crippen LogP contribution in [0.3, 0.4) is 0 Å². The van der Waals surface area contributed by atoms with Crippen molar-refractivity contribution < 1.29 is 19.0 Å². The fourth-order valence-electron chi connectivity index (χ4n) is 3.25. The Balaban J connectivity index is 1.61. The molecule has 0 bridgehead atoms. The van der Waals surface area contributed by atoms with Crippen LogP contribution < -0.4 is 4.74 Å². The number of carboxylic acid groups (broad SMARTS) is 1. The summed E-state index contributed by atoms with van der Waals surface area (Å²) in [6.45, 7) is 1.12. The second-order valence-electron chi connectivity index (χ2n) is 5.49. The Morgan fingerprint density at radius 3 is 2.55 bits per heavy atom. The summed E-state index contributed by atoms with van der Waals surface area (Å²) in [5, 5.41) is 9.31. The van der Waals surface area contributed by atoms with Gasteiger partial charge in [-0.25, -0.2) is 9.18 Å². The molecule has 1 amide bonds. The van der Waals surface area contributed by atoms with Gasteiger partial charge in [0.05, 0.1) is 6.10 Å². The van der Waals surface area contributed by atoms with Gasteiger partial charge in [0.25, 0.3) is 0 Å². The molecule has 6 heteroatoms. The maximum atomic E-state index is 13.7.